The van der Waals surface area contributed by atoms with Gasteiger partial charge in [-0.25, -0.2) is 4.98 Å². The first-order valence-corrected chi connectivity index (χ1v) is 6.99. The minimum Gasteiger partial charge on any atom is -0.330 e. The van der Waals surface area contributed by atoms with E-state index in [0.29, 0.717) is 6.54 Å². The van der Waals surface area contributed by atoms with Gasteiger partial charge >= 0.3 is 0 Å². The van der Waals surface area contributed by atoms with Crippen LogP contribution in [0.5, 0.6) is 0 Å². The minimum atomic E-state index is 0.668. The fourth-order valence-corrected chi connectivity index (χ4v) is 2.76. The maximum absolute atomic E-state index is 6.25. The van der Waals surface area contributed by atoms with E-state index in [2.05, 4.69) is 29.2 Å². The number of para-hydroxylation sites is 1. The molecule has 0 aliphatic rings. The van der Waals surface area contributed by atoms with Gasteiger partial charge in [0.2, 0.25) is 0 Å². The lowest BCUT2D eigenvalue weighted by Crippen LogP contribution is -2.02. The zero-order valence-electron chi connectivity index (χ0n) is 11.3. The topological polar surface area (TPSA) is 43.8 Å². The van der Waals surface area contributed by atoms with Crippen LogP contribution < -0.4 is 5.73 Å². The van der Waals surface area contributed by atoms with E-state index in [1.807, 2.05) is 29.8 Å². The van der Waals surface area contributed by atoms with Crippen LogP contribution in [0, 0.1) is 0 Å². The number of hydrogen-bond acceptors (Lipinski definition) is 2. The van der Waals surface area contributed by atoms with Gasteiger partial charge in [0.1, 0.15) is 5.82 Å². The van der Waals surface area contributed by atoms with Crippen LogP contribution in [-0.4, -0.2) is 16.1 Å². The summed E-state index contributed by atoms with van der Waals surface area (Å²) in [5.74, 6) is 0.924. The lowest BCUT2D eigenvalue weighted by atomic mass is 10.1. The largest absolute Gasteiger partial charge is 0.330 e. The highest BCUT2D eigenvalue weighted by Gasteiger charge is 2.11. The van der Waals surface area contributed by atoms with Crippen molar-refractivity contribution in [2.24, 2.45) is 12.8 Å². The lowest BCUT2D eigenvalue weighted by Gasteiger charge is -2.04. The number of halogens is 1. The summed E-state index contributed by atoms with van der Waals surface area (Å²) in [5, 5.41) is 0.725. The second kappa shape index (κ2) is 5.27. The molecule has 0 fully saturated rings. The lowest BCUT2D eigenvalue weighted by molar-refractivity contribution is 0.954. The second-order valence-corrected chi connectivity index (χ2v) is 5.24. The SMILES string of the molecule is Cn1c(-c2ccc(CCN)cc2)nc2cccc(Cl)c21. The zero-order chi connectivity index (χ0) is 14.1. The Kier molecular flexibility index (Phi) is 3.47. The van der Waals surface area contributed by atoms with E-state index < -0.39 is 0 Å². The third kappa shape index (κ3) is 2.19. The highest BCUT2D eigenvalue weighted by molar-refractivity contribution is 6.35. The summed E-state index contributed by atoms with van der Waals surface area (Å²) in [6.45, 7) is 0.668. The van der Waals surface area contributed by atoms with Crippen LogP contribution in [0.3, 0.4) is 0 Å². The summed E-state index contributed by atoms with van der Waals surface area (Å²) >= 11 is 6.25. The monoisotopic (exact) mass is 285 g/mol. The molecule has 0 aliphatic carbocycles. The average molecular weight is 286 g/mol. The van der Waals surface area contributed by atoms with Crippen molar-refractivity contribution in [3.8, 4) is 11.4 Å². The summed E-state index contributed by atoms with van der Waals surface area (Å²) in [6, 6.07) is 14.2. The Morgan fingerprint density at radius 2 is 1.90 bits per heavy atom. The maximum Gasteiger partial charge on any atom is 0.140 e. The molecule has 2 N–H and O–H groups in total. The Labute approximate surface area is 123 Å². The molecular weight excluding hydrogens is 270 g/mol. The molecule has 3 aromatic rings. The Morgan fingerprint density at radius 1 is 1.15 bits per heavy atom. The quantitative estimate of drug-likeness (QED) is 0.801. The molecule has 3 nitrogen and oxygen atoms in total. The Bertz CT molecular complexity index is 744. The van der Waals surface area contributed by atoms with Crippen molar-refractivity contribution >= 4 is 22.6 Å². The van der Waals surface area contributed by atoms with Crippen LogP contribution in [0.1, 0.15) is 5.56 Å². The van der Waals surface area contributed by atoms with Crippen molar-refractivity contribution in [1.82, 2.24) is 9.55 Å². The van der Waals surface area contributed by atoms with E-state index in [0.717, 1.165) is 33.9 Å². The minimum absolute atomic E-state index is 0.668. The van der Waals surface area contributed by atoms with E-state index in [1.165, 1.54) is 5.56 Å². The van der Waals surface area contributed by atoms with Crippen molar-refractivity contribution in [1.29, 1.82) is 0 Å². The molecule has 3 rings (SSSR count). The molecule has 0 aliphatic heterocycles. The molecule has 0 saturated carbocycles. The summed E-state index contributed by atoms with van der Waals surface area (Å²) < 4.78 is 2.04. The van der Waals surface area contributed by atoms with Gasteiger partial charge in [0.15, 0.2) is 0 Å². The van der Waals surface area contributed by atoms with Gasteiger partial charge in [0.05, 0.1) is 16.1 Å². The molecule has 4 heteroatoms. The van der Waals surface area contributed by atoms with Gasteiger partial charge in [0.25, 0.3) is 0 Å². The Morgan fingerprint density at radius 3 is 2.55 bits per heavy atom. The standard InChI is InChI=1S/C16H16ClN3/c1-20-15-13(17)3-2-4-14(15)19-16(20)12-7-5-11(6-8-12)9-10-18/h2-8H,9-10,18H2,1H3. The van der Waals surface area contributed by atoms with Crippen LogP contribution in [0.4, 0.5) is 0 Å². The van der Waals surface area contributed by atoms with Crippen molar-refractivity contribution in [3.05, 3.63) is 53.1 Å². The summed E-state index contributed by atoms with van der Waals surface area (Å²) in [7, 11) is 1.99. The highest BCUT2D eigenvalue weighted by atomic mass is 35.5. The molecule has 2 aromatic carbocycles. The van der Waals surface area contributed by atoms with Gasteiger partial charge in [-0.3, -0.25) is 0 Å². The number of aryl methyl sites for hydroxylation is 1. The number of imidazole rings is 1. The molecule has 1 aromatic heterocycles. The molecule has 0 atom stereocenters. The number of aromatic nitrogens is 2. The molecule has 20 heavy (non-hydrogen) atoms. The van der Waals surface area contributed by atoms with Gasteiger partial charge in [-0.1, -0.05) is 41.9 Å². The van der Waals surface area contributed by atoms with Crippen LogP contribution in [-0.2, 0) is 13.5 Å². The smallest absolute Gasteiger partial charge is 0.140 e. The molecule has 102 valence electrons. The number of rotatable bonds is 3. The van der Waals surface area contributed by atoms with E-state index in [4.69, 9.17) is 17.3 Å². The van der Waals surface area contributed by atoms with Gasteiger partial charge in [-0.05, 0) is 30.7 Å². The van der Waals surface area contributed by atoms with Crippen LogP contribution in [0.25, 0.3) is 22.4 Å². The van der Waals surface area contributed by atoms with Gasteiger partial charge in [0, 0.05) is 12.6 Å². The Hall–Kier alpha value is -1.84. The second-order valence-electron chi connectivity index (χ2n) is 4.84. The summed E-state index contributed by atoms with van der Waals surface area (Å²) in [5.41, 5.74) is 9.78. The van der Waals surface area contributed by atoms with Crippen molar-refractivity contribution in [3.63, 3.8) is 0 Å². The van der Waals surface area contributed by atoms with E-state index >= 15 is 0 Å². The maximum atomic E-state index is 6.25. The zero-order valence-corrected chi connectivity index (χ0v) is 12.1. The average Bonchev–Trinajstić information content (AvgIpc) is 2.79. The van der Waals surface area contributed by atoms with Gasteiger partial charge < -0.3 is 10.3 Å². The van der Waals surface area contributed by atoms with Crippen LogP contribution >= 0.6 is 11.6 Å². The number of fused-ring (bicyclic) bond motifs is 1. The molecular formula is C16H16ClN3. The molecule has 0 bridgehead atoms. The third-order valence-corrected chi connectivity index (χ3v) is 3.80. The normalized spacial score (nSPS) is 11.2. The van der Waals surface area contributed by atoms with Crippen molar-refractivity contribution < 1.29 is 0 Å². The molecule has 1 heterocycles. The van der Waals surface area contributed by atoms with Crippen LogP contribution in [0.2, 0.25) is 5.02 Å². The van der Waals surface area contributed by atoms with Gasteiger partial charge in [-0.15, -0.1) is 0 Å². The van der Waals surface area contributed by atoms with E-state index in [1.54, 1.807) is 0 Å². The summed E-state index contributed by atoms with van der Waals surface area (Å²) in [4.78, 5) is 4.67. The first-order valence-electron chi connectivity index (χ1n) is 6.61. The number of nitrogens with zero attached hydrogens (tertiary/aromatic N) is 2. The Balaban J connectivity index is 2.10. The van der Waals surface area contributed by atoms with Gasteiger partial charge in [-0.2, -0.15) is 0 Å². The molecule has 0 amide bonds. The number of benzene rings is 2. The predicted octanol–water partition coefficient (Wildman–Crippen LogP) is 3.39. The summed E-state index contributed by atoms with van der Waals surface area (Å²) in [6.07, 6.45) is 0.897. The first kappa shape index (κ1) is 13.2. The highest BCUT2D eigenvalue weighted by Crippen LogP contribution is 2.28. The number of hydrogen-bond donors (Lipinski definition) is 1. The van der Waals surface area contributed by atoms with Crippen molar-refractivity contribution in [2.45, 2.75) is 6.42 Å². The fraction of sp³-hybridized carbons (Fsp3) is 0.188. The number of nitrogens with two attached hydrogens (primary N) is 1. The van der Waals surface area contributed by atoms with E-state index in [9.17, 15) is 0 Å². The van der Waals surface area contributed by atoms with Crippen LogP contribution in [0.15, 0.2) is 42.5 Å². The predicted molar refractivity (Wildman–Crippen MR) is 83.9 cm³/mol. The van der Waals surface area contributed by atoms with E-state index in [-0.39, 0.29) is 0 Å². The van der Waals surface area contributed by atoms with Crippen molar-refractivity contribution in [2.75, 3.05) is 6.54 Å². The molecule has 0 spiro atoms. The molecule has 0 unspecified atom stereocenters. The fourth-order valence-electron chi connectivity index (χ4n) is 2.47. The molecule has 0 radical (unpaired) electrons. The first-order chi connectivity index (χ1) is 9.70. The third-order valence-electron chi connectivity index (χ3n) is 3.49. The molecule has 0 saturated heterocycles.